The second-order valence-electron chi connectivity index (χ2n) is 6.18. The molecule has 0 fully saturated rings. The molecule has 0 aromatic heterocycles. The van der Waals surface area contributed by atoms with Crippen LogP contribution in [0.2, 0.25) is 0 Å². The van der Waals surface area contributed by atoms with Gasteiger partial charge in [-0.2, -0.15) is 5.26 Å². The molecule has 0 radical (unpaired) electrons. The average Bonchev–Trinajstić information content (AvgIpc) is 2.44. The largest absolute Gasteiger partial charge is 0.385 e. The molecule has 0 spiro atoms. The Bertz CT molecular complexity index is 469. The molecule has 0 heterocycles. The summed E-state index contributed by atoms with van der Waals surface area (Å²) in [4.78, 5) is 0. The quantitative estimate of drug-likeness (QED) is 0.797. The molecule has 1 aliphatic rings. The minimum absolute atomic E-state index is 0.197. The summed E-state index contributed by atoms with van der Waals surface area (Å²) in [5.74, 6) is 0. The number of hydrogen-bond donors (Lipinski definition) is 1. The van der Waals surface area contributed by atoms with E-state index in [4.69, 9.17) is 5.26 Å². The van der Waals surface area contributed by atoms with Gasteiger partial charge in [0.1, 0.15) is 0 Å². The first-order valence-electron chi connectivity index (χ1n) is 7.38. The van der Waals surface area contributed by atoms with Crippen molar-refractivity contribution in [2.45, 2.75) is 52.4 Å². The highest BCUT2D eigenvalue weighted by atomic mass is 14.9. The molecule has 0 saturated carbocycles. The van der Waals surface area contributed by atoms with E-state index in [-0.39, 0.29) is 5.41 Å². The van der Waals surface area contributed by atoms with E-state index < -0.39 is 0 Å². The number of fused-ring (bicyclic) bond motifs is 1. The molecule has 2 rings (SSSR count). The van der Waals surface area contributed by atoms with Crippen LogP contribution in [0.15, 0.2) is 18.2 Å². The molecule has 0 saturated heterocycles. The number of nitrogens with one attached hydrogen (secondary N) is 1. The zero-order valence-electron chi connectivity index (χ0n) is 12.1. The first-order valence-corrected chi connectivity index (χ1v) is 7.38. The van der Waals surface area contributed by atoms with E-state index in [9.17, 15) is 0 Å². The van der Waals surface area contributed by atoms with Gasteiger partial charge in [-0.3, -0.25) is 0 Å². The van der Waals surface area contributed by atoms with Gasteiger partial charge in [0.25, 0.3) is 0 Å². The van der Waals surface area contributed by atoms with Crippen LogP contribution in [0.1, 0.15) is 50.7 Å². The molecular weight excluding hydrogens is 232 g/mol. The van der Waals surface area contributed by atoms with E-state index in [1.54, 1.807) is 0 Å². The summed E-state index contributed by atoms with van der Waals surface area (Å²) in [6.07, 6.45) is 7.07. The maximum Gasteiger partial charge on any atom is 0.0683 e. The number of aryl methyl sites for hydroxylation is 1. The van der Waals surface area contributed by atoms with Crippen molar-refractivity contribution in [1.82, 2.24) is 0 Å². The number of benzene rings is 1. The maximum atomic E-state index is 9.00. The third kappa shape index (κ3) is 3.73. The van der Waals surface area contributed by atoms with E-state index in [2.05, 4.69) is 29.6 Å². The van der Waals surface area contributed by atoms with Crippen LogP contribution in [0.4, 0.5) is 5.69 Å². The molecule has 0 unspecified atom stereocenters. The lowest BCUT2D eigenvalue weighted by molar-refractivity contribution is 0.441. The van der Waals surface area contributed by atoms with Crippen LogP contribution >= 0.6 is 0 Å². The Hall–Kier alpha value is -1.49. The molecule has 0 bridgehead atoms. The summed E-state index contributed by atoms with van der Waals surface area (Å²) in [6, 6.07) is 8.98. The lowest BCUT2D eigenvalue weighted by atomic mass is 9.89. The topological polar surface area (TPSA) is 35.8 Å². The molecule has 2 heteroatoms. The van der Waals surface area contributed by atoms with Crippen LogP contribution in [0.25, 0.3) is 0 Å². The van der Waals surface area contributed by atoms with Crippen molar-refractivity contribution in [3.05, 3.63) is 29.3 Å². The zero-order valence-corrected chi connectivity index (χ0v) is 12.1. The molecule has 19 heavy (non-hydrogen) atoms. The van der Waals surface area contributed by atoms with Gasteiger partial charge in [-0.1, -0.05) is 12.1 Å². The third-order valence-electron chi connectivity index (χ3n) is 3.99. The Kier molecular flexibility index (Phi) is 4.47. The predicted octanol–water partition coefficient (Wildman–Crippen LogP) is 4.31. The van der Waals surface area contributed by atoms with E-state index >= 15 is 0 Å². The minimum Gasteiger partial charge on any atom is -0.385 e. The molecule has 0 atom stereocenters. The molecule has 102 valence electrons. The number of nitriles is 1. The van der Waals surface area contributed by atoms with Crippen LogP contribution in [-0.2, 0) is 12.8 Å². The van der Waals surface area contributed by atoms with Gasteiger partial charge in [0.15, 0.2) is 0 Å². The first kappa shape index (κ1) is 13.9. The van der Waals surface area contributed by atoms with Crippen molar-refractivity contribution in [3.63, 3.8) is 0 Å². The summed E-state index contributed by atoms with van der Waals surface area (Å²) in [5.41, 5.74) is 4.16. The van der Waals surface area contributed by atoms with Crippen LogP contribution in [0, 0.1) is 16.7 Å². The van der Waals surface area contributed by atoms with Gasteiger partial charge in [-0.15, -0.1) is 0 Å². The van der Waals surface area contributed by atoms with Gasteiger partial charge in [0, 0.05) is 12.2 Å². The van der Waals surface area contributed by atoms with Gasteiger partial charge < -0.3 is 5.32 Å². The Labute approximate surface area is 116 Å². The molecule has 0 aliphatic heterocycles. The van der Waals surface area contributed by atoms with Gasteiger partial charge in [-0.25, -0.2) is 0 Å². The zero-order chi connectivity index (χ0) is 13.7. The fourth-order valence-electron chi connectivity index (χ4n) is 2.76. The summed E-state index contributed by atoms with van der Waals surface area (Å²) in [7, 11) is 0. The van der Waals surface area contributed by atoms with Gasteiger partial charge in [0.05, 0.1) is 11.5 Å². The number of rotatable bonds is 5. The lowest BCUT2D eigenvalue weighted by Crippen LogP contribution is -2.13. The Morgan fingerprint density at radius 1 is 1.26 bits per heavy atom. The minimum atomic E-state index is -0.197. The van der Waals surface area contributed by atoms with Crippen LogP contribution in [-0.4, -0.2) is 6.54 Å². The average molecular weight is 256 g/mol. The number of nitrogens with zero attached hydrogens (tertiary/aromatic N) is 1. The Morgan fingerprint density at radius 2 is 2.05 bits per heavy atom. The summed E-state index contributed by atoms with van der Waals surface area (Å²) < 4.78 is 0. The highest BCUT2D eigenvalue weighted by molar-refractivity contribution is 5.55. The summed E-state index contributed by atoms with van der Waals surface area (Å²) in [5, 5.41) is 12.6. The fraction of sp³-hybridized carbons (Fsp3) is 0.588. The third-order valence-corrected chi connectivity index (χ3v) is 3.99. The summed E-state index contributed by atoms with van der Waals surface area (Å²) in [6.45, 7) is 4.98. The molecule has 1 aliphatic carbocycles. The fourth-order valence-corrected chi connectivity index (χ4v) is 2.76. The van der Waals surface area contributed by atoms with E-state index in [1.807, 2.05) is 13.8 Å². The van der Waals surface area contributed by atoms with E-state index in [0.717, 1.165) is 19.4 Å². The molecule has 1 N–H and O–H groups in total. The Morgan fingerprint density at radius 3 is 2.84 bits per heavy atom. The lowest BCUT2D eigenvalue weighted by Gasteiger charge is -2.21. The van der Waals surface area contributed by atoms with Crippen LogP contribution < -0.4 is 5.32 Å². The molecule has 0 amide bonds. The first-order chi connectivity index (χ1) is 9.12. The highest BCUT2D eigenvalue weighted by Crippen LogP contribution is 2.28. The standard InChI is InChI=1S/C17H24N2/c1-17(2,13-18)11-6-12-19-16-10-5-8-14-7-3-4-9-15(14)16/h5,8,10,19H,3-4,6-7,9,11-12H2,1-2H3. The van der Waals surface area contributed by atoms with Crippen LogP contribution in [0.5, 0.6) is 0 Å². The SMILES string of the molecule is CC(C)(C#N)CCCNc1cccc2c1CCCC2. The van der Waals surface area contributed by atoms with E-state index in [0.29, 0.717) is 0 Å². The second-order valence-corrected chi connectivity index (χ2v) is 6.18. The second kappa shape index (κ2) is 6.10. The highest BCUT2D eigenvalue weighted by Gasteiger charge is 2.16. The summed E-state index contributed by atoms with van der Waals surface area (Å²) >= 11 is 0. The van der Waals surface area contributed by atoms with Gasteiger partial charge >= 0.3 is 0 Å². The van der Waals surface area contributed by atoms with Crippen molar-refractivity contribution >= 4 is 5.69 Å². The Balaban J connectivity index is 1.89. The normalized spacial score (nSPS) is 14.6. The van der Waals surface area contributed by atoms with Gasteiger partial charge in [-0.05, 0) is 69.6 Å². The maximum absolute atomic E-state index is 9.00. The van der Waals surface area contributed by atoms with Gasteiger partial charge in [0.2, 0.25) is 0 Å². The van der Waals surface area contributed by atoms with E-state index in [1.165, 1.54) is 42.5 Å². The van der Waals surface area contributed by atoms with Crippen LogP contribution in [0.3, 0.4) is 0 Å². The number of hydrogen-bond acceptors (Lipinski definition) is 2. The smallest absolute Gasteiger partial charge is 0.0683 e. The molecule has 1 aromatic rings. The van der Waals surface area contributed by atoms with Crippen molar-refractivity contribution in [3.8, 4) is 6.07 Å². The van der Waals surface area contributed by atoms with Crippen molar-refractivity contribution in [2.75, 3.05) is 11.9 Å². The monoisotopic (exact) mass is 256 g/mol. The molecule has 2 nitrogen and oxygen atoms in total. The predicted molar refractivity (Wildman–Crippen MR) is 80.2 cm³/mol. The molecular formula is C17H24N2. The van der Waals surface area contributed by atoms with Crippen molar-refractivity contribution < 1.29 is 0 Å². The molecule has 1 aromatic carbocycles. The van der Waals surface area contributed by atoms with Crippen molar-refractivity contribution in [2.24, 2.45) is 5.41 Å². The number of anilines is 1. The van der Waals surface area contributed by atoms with Crippen molar-refractivity contribution in [1.29, 1.82) is 5.26 Å².